The Bertz CT molecular complexity index is 1640. The van der Waals surface area contributed by atoms with Crippen LogP contribution in [0.25, 0.3) is 0 Å². The minimum atomic E-state index is -1.59. The summed E-state index contributed by atoms with van der Waals surface area (Å²) < 4.78 is 17.7. The van der Waals surface area contributed by atoms with Crippen LogP contribution >= 0.6 is 0 Å². The van der Waals surface area contributed by atoms with Crippen LogP contribution in [-0.2, 0) is 19.0 Å². The number of aliphatic hydroxyl groups is 13. The summed E-state index contributed by atoms with van der Waals surface area (Å²) in [6.07, 6.45) is -7.42. The number of carbonyl (C=O) groups excluding carboxylic acids is 1. The molecule has 20 unspecified atom stereocenters. The minimum Gasteiger partial charge on any atom is -0.461 e. The van der Waals surface area contributed by atoms with Gasteiger partial charge >= 0.3 is 5.97 Å². The zero-order chi connectivity index (χ0) is 56.4. The molecular formula is C55H103N3O17. The average molecular weight is 1080 g/mol. The van der Waals surface area contributed by atoms with Crippen molar-refractivity contribution in [1.82, 2.24) is 0 Å². The predicted molar refractivity (Wildman–Crippen MR) is 284 cm³/mol. The Kier molecular flexibility index (Phi) is 33.7. The molecule has 1 saturated heterocycles. The topological polar surface area (TPSA) is 372 Å². The Morgan fingerprint density at radius 2 is 1.32 bits per heavy atom. The molecule has 0 spiro atoms. The second kappa shape index (κ2) is 36.7. The van der Waals surface area contributed by atoms with Gasteiger partial charge in [0.05, 0.1) is 73.6 Å². The Labute approximate surface area is 446 Å². The van der Waals surface area contributed by atoms with Gasteiger partial charge in [0.2, 0.25) is 0 Å². The zero-order valence-corrected chi connectivity index (χ0v) is 46.0. The molecule has 2 aliphatic rings. The van der Waals surface area contributed by atoms with Gasteiger partial charge < -0.3 is 92.1 Å². The quantitative estimate of drug-likeness (QED) is 0.0438. The molecule has 0 saturated carbocycles. The van der Waals surface area contributed by atoms with Gasteiger partial charge in [-0.05, 0) is 134 Å². The number of carbonyl (C=O) groups is 1. The number of cyclic esters (lactones) is 1. The fourth-order valence-corrected chi connectivity index (χ4v) is 10.3. The van der Waals surface area contributed by atoms with Crippen molar-refractivity contribution >= 4 is 11.9 Å². The standard InChI is InChI=1S/C55H103N3O17/c1-7-8-19-43-49(69)33(3)22-23-38(61)17-11-16-37(60)18-12-20-44(66)34(4)26-47(73-54-51(71)50(70)48(31-59)74-54)46(68)30-42(65)29-41(64)28-40(63)27-39(62)15-10-9-14-32(2)25-35(5)52(75-53(43)72)36(6)45(67)21-13-24-58-55(56)57/h25-26,33,35-52,54,59-71H,7-24,27-31H2,1-6H3,(H4,56,57,58). The number of unbranched alkanes of at least 4 members (excludes halogenated alkanes) is 1. The summed E-state index contributed by atoms with van der Waals surface area (Å²) in [5.41, 5.74) is 12.4. The van der Waals surface area contributed by atoms with Gasteiger partial charge in [0.25, 0.3) is 0 Å². The molecule has 0 amide bonds. The first kappa shape index (κ1) is 68.7. The lowest BCUT2D eigenvalue weighted by atomic mass is 9.84. The number of nitrogens with zero attached hydrogens (tertiary/aromatic N) is 1. The fourth-order valence-electron chi connectivity index (χ4n) is 10.3. The summed E-state index contributed by atoms with van der Waals surface area (Å²) in [6, 6.07) is 0. The molecule has 0 aromatic carbocycles. The van der Waals surface area contributed by atoms with Crippen LogP contribution in [-0.4, -0.2) is 189 Å². The third kappa shape index (κ3) is 26.4. The van der Waals surface area contributed by atoms with Gasteiger partial charge in [-0.25, -0.2) is 0 Å². The third-order valence-corrected chi connectivity index (χ3v) is 15.2. The van der Waals surface area contributed by atoms with E-state index in [1.54, 1.807) is 6.92 Å². The third-order valence-electron chi connectivity index (χ3n) is 15.2. The molecule has 0 aromatic heterocycles. The number of guanidine groups is 1. The molecule has 2 heterocycles. The lowest BCUT2D eigenvalue weighted by Crippen LogP contribution is -2.42. The number of aliphatic imine (C=N–C) groups is 1. The molecule has 20 atom stereocenters. The maximum atomic E-state index is 14.2. The van der Waals surface area contributed by atoms with Crippen LogP contribution in [0, 0.1) is 23.7 Å². The average Bonchev–Trinajstić information content (AvgIpc) is 3.61. The molecule has 20 nitrogen and oxygen atoms in total. The number of aliphatic hydroxyl groups excluding tert-OH is 13. The molecule has 17 N–H and O–H groups in total. The van der Waals surface area contributed by atoms with E-state index in [2.05, 4.69) is 4.99 Å². The minimum absolute atomic E-state index is 0.0266. The first-order valence-electron chi connectivity index (χ1n) is 28.1. The molecule has 0 bridgehead atoms. The van der Waals surface area contributed by atoms with Crippen molar-refractivity contribution < 1.29 is 85.4 Å². The van der Waals surface area contributed by atoms with E-state index in [0.29, 0.717) is 108 Å². The second-order valence-corrected chi connectivity index (χ2v) is 22.2. The van der Waals surface area contributed by atoms with Crippen molar-refractivity contribution in [3.8, 4) is 0 Å². The number of allylic oxidation sites excluding steroid dienone is 1. The normalized spacial score (nSPS) is 37.3. The highest BCUT2D eigenvalue weighted by Gasteiger charge is 2.45. The van der Waals surface area contributed by atoms with E-state index in [4.69, 9.17) is 25.7 Å². The van der Waals surface area contributed by atoms with Crippen molar-refractivity contribution in [1.29, 1.82) is 0 Å². The SMILES string of the molecule is CCCCC1C(=O)OC(C(C)C(O)CCCN=C(N)N)C(C)C=C(C)CCCCC(O)CC(O)CC(O)CC(O)CC(O)C(OC2OC(CO)C(O)C2O)C=C(C)C(O)CCCC(O)CCCC(O)CCC(C)C1O. The molecule has 440 valence electrons. The molecule has 2 aliphatic heterocycles. The van der Waals surface area contributed by atoms with E-state index >= 15 is 0 Å². The predicted octanol–water partition coefficient (Wildman–Crippen LogP) is 2.25. The van der Waals surface area contributed by atoms with Crippen LogP contribution < -0.4 is 11.5 Å². The van der Waals surface area contributed by atoms with Gasteiger partial charge in [-0.15, -0.1) is 0 Å². The van der Waals surface area contributed by atoms with Crippen LogP contribution in [0.1, 0.15) is 176 Å². The molecule has 75 heavy (non-hydrogen) atoms. The van der Waals surface area contributed by atoms with E-state index in [-0.39, 0.29) is 49.9 Å². The molecule has 0 radical (unpaired) electrons. The van der Waals surface area contributed by atoms with E-state index < -0.39 is 122 Å². The van der Waals surface area contributed by atoms with Crippen LogP contribution in [0.2, 0.25) is 0 Å². The smallest absolute Gasteiger partial charge is 0.311 e. The summed E-state index contributed by atoms with van der Waals surface area (Å²) >= 11 is 0. The Morgan fingerprint density at radius 1 is 0.733 bits per heavy atom. The second-order valence-electron chi connectivity index (χ2n) is 22.2. The largest absolute Gasteiger partial charge is 0.461 e. The highest BCUT2D eigenvalue weighted by Crippen LogP contribution is 2.32. The first-order valence-corrected chi connectivity index (χ1v) is 28.1. The van der Waals surface area contributed by atoms with E-state index in [1.807, 2.05) is 40.7 Å². The molecule has 1 fully saturated rings. The first-order chi connectivity index (χ1) is 35.4. The molecule has 20 heteroatoms. The number of hydrogen-bond donors (Lipinski definition) is 15. The van der Waals surface area contributed by atoms with E-state index in [9.17, 15) is 71.2 Å². The van der Waals surface area contributed by atoms with Crippen LogP contribution in [0.3, 0.4) is 0 Å². The highest BCUT2D eigenvalue weighted by molar-refractivity contribution is 5.75. The van der Waals surface area contributed by atoms with Crippen molar-refractivity contribution in [3.05, 3.63) is 23.3 Å². The lowest BCUT2D eigenvalue weighted by molar-refractivity contribution is -0.202. The molecule has 2 rings (SSSR count). The van der Waals surface area contributed by atoms with E-state index in [0.717, 1.165) is 12.0 Å². The fraction of sp³-hybridized carbons (Fsp3) is 0.891. The van der Waals surface area contributed by atoms with Crippen molar-refractivity contribution in [2.45, 2.75) is 274 Å². The maximum absolute atomic E-state index is 14.2. The summed E-state index contributed by atoms with van der Waals surface area (Å²) in [7, 11) is 0. The number of esters is 1. The zero-order valence-electron chi connectivity index (χ0n) is 46.0. The number of ether oxygens (including phenoxy) is 3. The van der Waals surface area contributed by atoms with E-state index in [1.165, 1.54) is 6.08 Å². The van der Waals surface area contributed by atoms with Gasteiger partial charge in [0.1, 0.15) is 30.5 Å². The summed E-state index contributed by atoms with van der Waals surface area (Å²) in [5.74, 6) is -2.64. The summed E-state index contributed by atoms with van der Waals surface area (Å²) in [5, 5.41) is 141. The van der Waals surface area contributed by atoms with Crippen LogP contribution in [0.4, 0.5) is 0 Å². The highest BCUT2D eigenvalue weighted by atomic mass is 16.7. The lowest BCUT2D eigenvalue weighted by Gasteiger charge is -2.34. The van der Waals surface area contributed by atoms with Gasteiger partial charge in [-0.2, -0.15) is 0 Å². The number of hydrogen-bond acceptors (Lipinski definition) is 18. The van der Waals surface area contributed by atoms with Gasteiger partial charge in [-0.1, -0.05) is 64.7 Å². The maximum Gasteiger partial charge on any atom is 0.311 e. The van der Waals surface area contributed by atoms with Gasteiger partial charge in [0.15, 0.2) is 12.2 Å². The Hall–Kier alpha value is -2.38. The monoisotopic (exact) mass is 1080 g/mol. The Morgan fingerprint density at radius 3 is 1.92 bits per heavy atom. The van der Waals surface area contributed by atoms with Crippen LogP contribution in [0.15, 0.2) is 28.3 Å². The van der Waals surface area contributed by atoms with Crippen molar-refractivity contribution in [3.63, 3.8) is 0 Å². The number of rotatable bonds is 12. The molecular weight excluding hydrogens is 975 g/mol. The summed E-state index contributed by atoms with van der Waals surface area (Å²) in [4.78, 5) is 18.2. The van der Waals surface area contributed by atoms with Gasteiger partial charge in [-0.3, -0.25) is 9.79 Å². The molecule has 0 aliphatic carbocycles. The van der Waals surface area contributed by atoms with Crippen molar-refractivity contribution in [2.24, 2.45) is 40.1 Å². The molecule has 0 aromatic rings. The Balaban J connectivity index is 2.34. The van der Waals surface area contributed by atoms with Gasteiger partial charge in [0, 0.05) is 24.8 Å². The number of nitrogens with two attached hydrogens (primary N) is 2. The summed E-state index contributed by atoms with van der Waals surface area (Å²) in [6.45, 7) is 10.9. The van der Waals surface area contributed by atoms with Crippen LogP contribution in [0.5, 0.6) is 0 Å². The van der Waals surface area contributed by atoms with Crippen molar-refractivity contribution in [2.75, 3.05) is 13.2 Å².